The van der Waals surface area contributed by atoms with E-state index in [4.69, 9.17) is 4.74 Å². The molecule has 0 unspecified atom stereocenters. The Bertz CT molecular complexity index is 554. The molecule has 112 valence electrons. The van der Waals surface area contributed by atoms with Crippen LogP contribution in [0, 0.1) is 0 Å². The molecule has 1 aliphatic carbocycles. The van der Waals surface area contributed by atoms with Gasteiger partial charge in [-0.15, -0.1) is 0 Å². The number of sulfonamides is 1. The van der Waals surface area contributed by atoms with Crippen LogP contribution in [0.25, 0.3) is 0 Å². The minimum atomic E-state index is -3.41. The average molecular weight is 298 g/mol. The molecule has 20 heavy (non-hydrogen) atoms. The van der Waals surface area contributed by atoms with Crippen LogP contribution in [0.2, 0.25) is 0 Å². The van der Waals surface area contributed by atoms with Crippen molar-refractivity contribution in [1.29, 1.82) is 0 Å². The van der Waals surface area contributed by atoms with Crippen LogP contribution in [0.1, 0.15) is 31.7 Å². The van der Waals surface area contributed by atoms with E-state index in [0.717, 1.165) is 17.7 Å². The Morgan fingerprint density at radius 3 is 2.70 bits per heavy atom. The zero-order valence-corrected chi connectivity index (χ0v) is 12.8. The lowest BCUT2D eigenvalue weighted by Gasteiger charge is -2.13. The molecule has 0 aromatic heterocycles. The molecule has 0 spiro atoms. The highest BCUT2D eigenvalue weighted by atomic mass is 32.2. The Morgan fingerprint density at radius 2 is 2.10 bits per heavy atom. The molecular weight excluding hydrogens is 276 g/mol. The van der Waals surface area contributed by atoms with E-state index in [9.17, 15) is 8.42 Å². The molecule has 1 aromatic carbocycles. The minimum Gasteiger partial charge on any atom is -0.493 e. The largest absolute Gasteiger partial charge is 0.493 e. The van der Waals surface area contributed by atoms with Crippen molar-refractivity contribution in [2.45, 2.75) is 43.7 Å². The van der Waals surface area contributed by atoms with Gasteiger partial charge < -0.3 is 10.1 Å². The first-order chi connectivity index (χ1) is 9.56. The molecule has 0 amide bonds. The number of hydrogen-bond acceptors (Lipinski definition) is 4. The Labute approximate surface area is 120 Å². The first-order valence-electron chi connectivity index (χ1n) is 6.99. The molecule has 6 heteroatoms. The van der Waals surface area contributed by atoms with Crippen molar-refractivity contribution in [2.75, 3.05) is 13.7 Å². The summed E-state index contributed by atoms with van der Waals surface area (Å²) in [6.45, 7) is 3.31. The Hall–Kier alpha value is -1.11. The van der Waals surface area contributed by atoms with E-state index in [-0.39, 0.29) is 4.90 Å². The van der Waals surface area contributed by atoms with Crippen molar-refractivity contribution in [2.24, 2.45) is 0 Å². The summed E-state index contributed by atoms with van der Waals surface area (Å²) in [4.78, 5) is 0.274. The van der Waals surface area contributed by atoms with Crippen molar-refractivity contribution in [1.82, 2.24) is 10.0 Å². The maximum Gasteiger partial charge on any atom is 0.240 e. The third-order valence-electron chi connectivity index (χ3n) is 3.23. The fourth-order valence-electron chi connectivity index (χ4n) is 1.87. The van der Waals surface area contributed by atoms with Gasteiger partial charge in [0.2, 0.25) is 10.0 Å². The second-order valence-electron chi connectivity index (χ2n) is 4.98. The summed E-state index contributed by atoms with van der Waals surface area (Å²) in [7, 11) is -2.00. The Balaban J connectivity index is 2.22. The normalized spacial score (nSPS) is 15.3. The van der Waals surface area contributed by atoms with Crippen LogP contribution in [-0.2, 0) is 16.6 Å². The summed E-state index contributed by atoms with van der Waals surface area (Å²) in [5, 5.41) is 3.39. The SMILES string of the molecule is CCCOc1ccc(S(=O)(=O)NC)cc1CNC1CC1. The lowest BCUT2D eigenvalue weighted by Crippen LogP contribution is -2.20. The number of nitrogens with one attached hydrogen (secondary N) is 2. The van der Waals surface area contributed by atoms with Crippen LogP contribution in [-0.4, -0.2) is 28.1 Å². The topological polar surface area (TPSA) is 67.4 Å². The van der Waals surface area contributed by atoms with Crippen molar-refractivity contribution in [3.05, 3.63) is 23.8 Å². The highest BCUT2D eigenvalue weighted by Crippen LogP contribution is 2.25. The Morgan fingerprint density at radius 1 is 1.35 bits per heavy atom. The molecule has 0 saturated heterocycles. The Kier molecular flexibility index (Phi) is 5.01. The highest BCUT2D eigenvalue weighted by Gasteiger charge is 2.21. The van der Waals surface area contributed by atoms with Crippen molar-refractivity contribution in [3.63, 3.8) is 0 Å². The summed E-state index contributed by atoms with van der Waals surface area (Å²) in [6, 6.07) is 5.58. The zero-order valence-electron chi connectivity index (χ0n) is 12.0. The van der Waals surface area contributed by atoms with Crippen LogP contribution < -0.4 is 14.8 Å². The van der Waals surface area contributed by atoms with Gasteiger partial charge in [-0.2, -0.15) is 0 Å². The van der Waals surface area contributed by atoms with E-state index in [2.05, 4.69) is 10.0 Å². The van der Waals surface area contributed by atoms with Crippen LogP contribution in [0.3, 0.4) is 0 Å². The van der Waals surface area contributed by atoms with E-state index < -0.39 is 10.0 Å². The number of hydrogen-bond donors (Lipinski definition) is 2. The first-order valence-corrected chi connectivity index (χ1v) is 8.47. The molecule has 0 atom stereocenters. The highest BCUT2D eigenvalue weighted by molar-refractivity contribution is 7.89. The predicted molar refractivity (Wildman–Crippen MR) is 78.3 cm³/mol. The number of rotatable bonds is 8. The smallest absolute Gasteiger partial charge is 0.240 e. The van der Waals surface area contributed by atoms with Crippen LogP contribution in [0.4, 0.5) is 0 Å². The van der Waals surface area contributed by atoms with Gasteiger partial charge in [0.05, 0.1) is 11.5 Å². The second kappa shape index (κ2) is 6.56. The van der Waals surface area contributed by atoms with E-state index in [1.807, 2.05) is 6.92 Å². The van der Waals surface area contributed by atoms with Crippen LogP contribution >= 0.6 is 0 Å². The van der Waals surface area contributed by atoms with Gasteiger partial charge in [-0.1, -0.05) is 6.92 Å². The molecule has 2 rings (SSSR count). The third kappa shape index (κ3) is 3.94. The maximum absolute atomic E-state index is 11.9. The lowest BCUT2D eigenvalue weighted by molar-refractivity contribution is 0.313. The summed E-state index contributed by atoms with van der Waals surface area (Å²) >= 11 is 0. The lowest BCUT2D eigenvalue weighted by atomic mass is 10.2. The van der Waals surface area contributed by atoms with Crippen molar-refractivity contribution in [3.8, 4) is 5.75 Å². The first kappa shape index (κ1) is 15.3. The van der Waals surface area contributed by atoms with Gasteiger partial charge in [0.15, 0.2) is 0 Å². The number of benzene rings is 1. The molecule has 0 heterocycles. The fourth-order valence-corrected chi connectivity index (χ4v) is 2.65. The van der Waals surface area contributed by atoms with E-state index in [1.54, 1.807) is 18.2 Å². The van der Waals surface area contributed by atoms with Gasteiger partial charge in [-0.25, -0.2) is 13.1 Å². The fraction of sp³-hybridized carbons (Fsp3) is 0.571. The van der Waals surface area contributed by atoms with E-state index in [1.165, 1.54) is 19.9 Å². The van der Waals surface area contributed by atoms with Crippen molar-refractivity contribution >= 4 is 10.0 Å². The van der Waals surface area contributed by atoms with Gasteiger partial charge in [0.25, 0.3) is 0 Å². The maximum atomic E-state index is 11.9. The molecule has 1 aliphatic rings. The quantitative estimate of drug-likeness (QED) is 0.765. The van der Waals surface area contributed by atoms with E-state index >= 15 is 0 Å². The molecule has 1 fully saturated rings. The van der Waals surface area contributed by atoms with Crippen LogP contribution in [0.15, 0.2) is 23.1 Å². The molecule has 1 saturated carbocycles. The van der Waals surface area contributed by atoms with Gasteiger partial charge in [-0.3, -0.25) is 0 Å². The van der Waals surface area contributed by atoms with Crippen LogP contribution in [0.5, 0.6) is 5.75 Å². The average Bonchev–Trinajstić information content (AvgIpc) is 3.27. The third-order valence-corrected chi connectivity index (χ3v) is 4.64. The molecule has 5 nitrogen and oxygen atoms in total. The van der Waals surface area contributed by atoms with Crippen molar-refractivity contribution < 1.29 is 13.2 Å². The van der Waals surface area contributed by atoms with Gasteiger partial charge >= 0.3 is 0 Å². The molecule has 0 aliphatic heterocycles. The predicted octanol–water partition coefficient (Wildman–Crippen LogP) is 1.64. The summed E-state index contributed by atoms with van der Waals surface area (Å²) < 4.78 is 31.7. The monoisotopic (exact) mass is 298 g/mol. The zero-order chi connectivity index (χ0) is 14.6. The molecule has 0 radical (unpaired) electrons. The molecule has 2 N–H and O–H groups in total. The number of ether oxygens (including phenoxy) is 1. The van der Waals surface area contributed by atoms with Gasteiger partial charge in [0, 0.05) is 18.2 Å². The summed E-state index contributed by atoms with van der Waals surface area (Å²) in [5.41, 5.74) is 0.890. The molecular formula is C14H22N2O3S. The standard InChI is InChI=1S/C14H22N2O3S/c1-3-8-19-14-7-6-13(20(17,18)15-2)9-11(14)10-16-12-4-5-12/h6-7,9,12,15-16H,3-5,8,10H2,1-2H3. The minimum absolute atomic E-state index is 0.274. The molecule has 1 aromatic rings. The molecule has 0 bridgehead atoms. The van der Waals surface area contributed by atoms with E-state index in [0.29, 0.717) is 19.2 Å². The van der Waals surface area contributed by atoms with Gasteiger partial charge in [0.1, 0.15) is 5.75 Å². The second-order valence-corrected chi connectivity index (χ2v) is 6.87. The van der Waals surface area contributed by atoms with Gasteiger partial charge in [-0.05, 0) is 44.5 Å². The summed E-state index contributed by atoms with van der Waals surface area (Å²) in [6.07, 6.45) is 3.31. The summed E-state index contributed by atoms with van der Waals surface area (Å²) in [5.74, 6) is 0.759.